The molecule has 1 aliphatic heterocycles. The molecule has 0 unspecified atom stereocenters. The van der Waals surface area contributed by atoms with Crippen molar-refractivity contribution in [1.29, 1.82) is 0 Å². The molecule has 1 amide bonds. The highest BCUT2D eigenvalue weighted by atomic mass is 32.2. The number of hydrogen-bond donors (Lipinski definition) is 1. The van der Waals surface area contributed by atoms with Gasteiger partial charge in [-0.2, -0.15) is 0 Å². The molecule has 0 spiro atoms. The summed E-state index contributed by atoms with van der Waals surface area (Å²) in [5.74, 6) is 0.0607. The van der Waals surface area contributed by atoms with Crippen molar-refractivity contribution in [3.8, 4) is 0 Å². The van der Waals surface area contributed by atoms with Gasteiger partial charge in [0, 0.05) is 17.9 Å². The van der Waals surface area contributed by atoms with Crippen LogP contribution in [0.25, 0.3) is 0 Å². The molecule has 1 heterocycles. The number of nitrogens with zero attached hydrogens (tertiary/aromatic N) is 1. The summed E-state index contributed by atoms with van der Waals surface area (Å²) in [6, 6.07) is 15.9. The van der Waals surface area contributed by atoms with E-state index in [4.69, 9.17) is 0 Å². The number of benzene rings is 2. The lowest BCUT2D eigenvalue weighted by atomic mass is 10.2. The van der Waals surface area contributed by atoms with Gasteiger partial charge in [-0.1, -0.05) is 31.2 Å². The smallest absolute Gasteiger partial charge is 0.249 e. The standard InChI is InChI=1S/C18H20N2O3S/c1-2-24(22,23)16-10-6-7-14(13-16)19-17-11-12-20(18(17)21)15-8-4-3-5-9-15/h3-10,13,17,19H,2,11-12H2,1H3/t17-/m0/s1. The molecular formula is C18H20N2O3S. The summed E-state index contributed by atoms with van der Waals surface area (Å²) in [6.45, 7) is 2.27. The molecule has 2 aromatic rings. The molecule has 1 fully saturated rings. The van der Waals surface area contributed by atoms with Gasteiger partial charge in [0.1, 0.15) is 6.04 Å². The second kappa shape index (κ2) is 6.65. The third-order valence-corrected chi connectivity index (χ3v) is 5.92. The predicted molar refractivity (Wildman–Crippen MR) is 95.0 cm³/mol. The molecule has 0 saturated carbocycles. The Balaban J connectivity index is 1.76. The Kier molecular flexibility index (Phi) is 4.57. The largest absolute Gasteiger partial charge is 0.374 e. The Labute approximate surface area is 142 Å². The van der Waals surface area contributed by atoms with E-state index in [-0.39, 0.29) is 22.6 Å². The van der Waals surface area contributed by atoms with Crippen LogP contribution in [0.3, 0.4) is 0 Å². The van der Waals surface area contributed by atoms with Crippen molar-refractivity contribution in [2.45, 2.75) is 24.3 Å². The highest BCUT2D eigenvalue weighted by molar-refractivity contribution is 7.91. The molecule has 126 valence electrons. The number of amides is 1. The molecule has 1 aliphatic rings. The fourth-order valence-corrected chi connectivity index (χ4v) is 3.75. The zero-order chi connectivity index (χ0) is 17.2. The molecule has 6 heteroatoms. The summed E-state index contributed by atoms with van der Waals surface area (Å²) < 4.78 is 24.0. The first-order valence-electron chi connectivity index (χ1n) is 7.97. The molecule has 24 heavy (non-hydrogen) atoms. The molecule has 2 aromatic carbocycles. The van der Waals surface area contributed by atoms with Gasteiger partial charge in [-0.3, -0.25) is 4.79 Å². The van der Waals surface area contributed by atoms with Crippen molar-refractivity contribution in [3.05, 3.63) is 54.6 Å². The van der Waals surface area contributed by atoms with Gasteiger partial charge in [0.25, 0.3) is 0 Å². The Morgan fingerprint density at radius 3 is 2.58 bits per heavy atom. The molecule has 1 saturated heterocycles. The SMILES string of the molecule is CCS(=O)(=O)c1cccc(N[C@H]2CCN(c3ccccc3)C2=O)c1. The van der Waals surface area contributed by atoms with E-state index >= 15 is 0 Å². The number of anilines is 2. The van der Waals surface area contributed by atoms with E-state index in [0.29, 0.717) is 18.7 Å². The summed E-state index contributed by atoms with van der Waals surface area (Å²) in [4.78, 5) is 14.6. The van der Waals surface area contributed by atoms with Gasteiger partial charge in [0.15, 0.2) is 9.84 Å². The first kappa shape index (κ1) is 16.5. The Morgan fingerprint density at radius 1 is 1.12 bits per heavy atom. The van der Waals surface area contributed by atoms with Crippen molar-refractivity contribution >= 4 is 27.1 Å². The molecule has 3 rings (SSSR count). The number of sulfone groups is 1. The Morgan fingerprint density at radius 2 is 1.88 bits per heavy atom. The first-order valence-corrected chi connectivity index (χ1v) is 9.62. The van der Waals surface area contributed by atoms with E-state index in [0.717, 1.165) is 5.69 Å². The topological polar surface area (TPSA) is 66.5 Å². The van der Waals surface area contributed by atoms with Crippen LogP contribution >= 0.6 is 0 Å². The highest BCUT2D eigenvalue weighted by Crippen LogP contribution is 2.24. The minimum Gasteiger partial charge on any atom is -0.374 e. The second-order valence-corrected chi connectivity index (χ2v) is 8.02. The van der Waals surface area contributed by atoms with Crippen molar-refractivity contribution in [2.75, 3.05) is 22.5 Å². The minimum atomic E-state index is -3.26. The highest BCUT2D eigenvalue weighted by Gasteiger charge is 2.32. The maximum Gasteiger partial charge on any atom is 0.249 e. The number of hydrogen-bond acceptors (Lipinski definition) is 4. The fourth-order valence-electron chi connectivity index (χ4n) is 2.83. The van der Waals surface area contributed by atoms with Gasteiger partial charge < -0.3 is 10.2 Å². The monoisotopic (exact) mass is 344 g/mol. The van der Waals surface area contributed by atoms with Gasteiger partial charge >= 0.3 is 0 Å². The first-order chi connectivity index (χ1) is 11.5. The number of para-hydroxylation sites is 1. The van der Waals surface area contributed by atoms with Gasteiger partial charge in [-0.25, -0.2) is 8.42 Å². The Hall–Kier alpha value is -2.34. The third-order valence-electron chi connectivity index (χ3n) is 4.19. The number of rotatable bonds is 5. The molecule has 5 nitrogen and oxygen atoms in total. The summed E-state index contributed by atoms with van der Waals surface area (Å²) >= 11 is 0. The average molecular weight is 344 g/mol. The summed E-state index contributed by atoms with van der Waals surface area (Å²) in [5.41, 5.74) is 1.53. The van der Waals surface area contributed by atoms with E-state index in [9.17, 15) is 13.2 Å². The van der Waals surface area contributed by atoms with Crippen LogP contribution in [0.15, 0.2) is 59.5 Å². The molecule has 1 atom stereocenters. The summed E-state index contributed by atoms with van der Waals surface area (Å²) in [5, 5.41) is 3.17. The van der Waals surface area contributed by atoms with Crippen LogP contribution in [-0.2, 0) is 14.6 Å². The van der Waals surface area contributed by atoms with E-state index in [2.05, 4.69) is 5.32 Å². The van der Waals surface area contributed by atoms with Crippen LogP contribution in [0.2, 0.25) is 0 Å². The van der Waals surface area contributed by atoms with Crippen molar-refractivity contribution < 1.29 is 13.2 Å². The second-order valence-electron chi connectivity index (χ2n) is 5.74. The van der Waals surface area contributed by atoms with E-state index in [1.807, 2.05) is 30.3 Å². The minimum absolute atomic E-state index is 0.00458. The van der Waals surface area contributed by atoms with Crippen LogP contribution in [0.1, 0.15) is 13.3 Å². The number of nitrogens with one attached hydrogen (secondary N) is 1. The van der Waals surface area contributed by atoms with Gasteiger partial charge in [-0.15, -0.1) is 0 Å². The van der Waals surface area contributed by atoms with Gasteiger partial charge in [0.2, 0.25) is 5.91 Å². The van der Waals surface area contributed by atoms with E-state index in [1.165, 1.54) is 0 Å². The molecule has 0 aromatic heterocycles. The van der Waals surface area contributed by atoms with Crippen LogP contribution < -0.4 is 10.2 Å². The maximum atomic E-state index is 12.6. The van der Waals surface area contributed by atoms with Gasteiger partial charge in [-0.05, 0) is 36.8 Å². The lowest BCUT2D eigenvalue weighted by Crippen LogP contribution is -2.33. The van der Waals surface area contributed by atoms with Crippen molar-refractivity contribution in [1.82, 2.24) is 0 Å². The quantitative estimate of drug-likeness (QED) is 0.906. The number of carbonyl (C=O) groups excluding carboxylic acids is 1. The number of carbonyl (C=O) groups is 1. The lowest BCUT2D eigenvalue weighted by Gasteiger charge is -2.18. The molecule has 1 N–H and O–H groups in total. The average Bonchev–Trinajstić information content (AvgIpc) is 2.96. The molecule has 0 bridgehead atoms. The van der Waals surface area contributed by atoms with E-state index in [1.54, 1.807) is 36.1 Å². The third kappa shape index (κ3) is 3.28. The fraction of sp³-hybridized carbons (Fsp3) is 0.278. The predicted octanol–water partition coefficient (Wildman–Crippen LogP) is 2.70. The zero-order valence-corrected chi connectivity index (χ0v) is 14.3. The molecule has 0 radical (unpaired) electrons. The Bertz CT molecular complexity index is 834. The van der Waals surface area contributed by atoms with Gasteiger partial charge in [0.05, 0.1) is 10.6 Å². The van der Waals surface area contributed by atoms with Crippen LogP contribution in [-0.4, -0.2) is 32.7 Å². The zero-order valence-electron chi connectivity index (χ0n) is 13.5. The molecule has 0 aliphatic carbocycles. The van der Waals surface area contributed by atoms with Crippen LogP contribution in [0.5, 0.6) is 0 Å². The normalized spacial score (nSPS) is 18.0. The summed E-state index contributed by atoms with van der Waals surface area (Å²) in [7, 11) is -3.26. The van der Waals surface area contributed by atoms with Crippen molar-refractivity contribution in [2.24, 2.45) is 0 Å². The summed E-state index contributed by atoms with van der Waals surface area (Å²) in [6.07, 6.45) is 0.679. The van der Waals surface area contributed by atoms with E-state index < -0.39 is 9.84 Å². The molecular weight excluding hydrogens is 324 g/mol. The maximum absolute atomic E-state index is 12.6. The van der Waals surface area contributed by atoms with Crippen LogP contribution in [0.4, 0.5) is 11.4 Å². The van der Waals surface area contributed by atoms with Crippen LogP contribution in [0, 0.1) is 0 Å². The lowest BCUT2D eigenvalue weighted by molar-refractivity contribution is -0.117. The van der Waals surface area contributed by atoms with Crippen molar-refractivity contribution in [3.63, 3.8) is 0 Å².